The first kappa shape index (κ1) is 15.3. The van der Waals surface area contributed by atoms with Gasteiger partial charge in [-0.25, -0.2) is 4.98 Å². The molecule has 1 unspecified atom stereocenters. The van der Waals surface area contributed by atoms with Crippen molar-refractivity contribution in [2.24, 2.45) is 0 Å². The van der Waals surface area contributed by atoms with Gasteiger partial charge in [0.05, 0.1) is 5.69 Å². The normalized spacial score (nSPS) is 16.6. The minimum absolute atomic E-state index is 0.273. The van der Waals surface area contributed by atoms with E-state index < -0.39 is 0 Å². The maximum atomic E-state index is 5.03. The molecule has 0 amide bonds. The van der Waals surface area contributed by atoms with Gasteiger partial charge in [0.1, 0.15) is 11.5 Å². The van der Waals surface area contributed by atoms with Crippen LogP contribution in [0.5, 0.6) is 0 Å². The standard InChI is InChI=1S/C21H25N3/c1-15-9-8-14-24-20(15)23-19(16(2)17-10-4-3-5-11-17)21(24)22-18-12-6-7-13-18/h3-5,8-11,14,16,18,22H,6-7,12-13H2,1-2H3. The molecule has 0 radical (unpaired) electrons. The van der Waals surface area contributed by atoms with Gasteiger partial charge in [-0.2, -0.15) is 0 Å². The summed E-state index contributed by atoms with van der Waals surface area (Å²) in [4.78, 5) is 5.03. The van der Waals surface area contributed by atoms with E-state index in [9.17, 15) is 0 Å². The summed E-state index contributed by atoms with van der Waals surface area (Å²) in [5.74, 6) is 1.45. The molecule has 1 aromatic carbocycles. The second kappa shape index (κ2) is 6.31. The summed E-state index contributed by atoms with van der Waals surface area (Å²) in [5, 5.41) is 3.81. The zero-order chi connectivity index (χ0) is 16.5. The van der Waals surface area contributed by atoms with Crippen LogP contribution < -0.4 is 5.32 Å². The number of hydrogen-bond donors (Lipinski definition) is 1. The molecule has 0 saturated heterocycles. The monoisotopic (exact) mass is 319 g/mol. The summed E-state index contributed by atoms with van der Waals surface area (Å²) >= 11 is 0. The molecule has 1 aliphatic rings. The van der Waals surface area contributed by atoms with Crippen LogP contribution >= 0.6 is 0 Å². The molecule has 2 aromatic heterocycles. The van der Waals surface area contributed by atoms with Gasteiger partial charge in [0.25, 0.3) is 0 Å². The average Bonchev–Trinajstić information content (AvgIpc) is 3.25. The van der Waals surface area contributed by atoms with Crippen LogP contribution in [0.25, 0.3) is 5.65 Å². The molecule has 3 nitrogen and oxygen atoms in total. The Hall–Kier alpha value is -2.29. The molecule has 1 fully saturated rings. The molecule has 1 N–H and O–H groups in total. The molecule has 0 aliphatic heterocycles. The van der Waals surface area contributed by atoms with Gasteiger partial charge in [-0.1, -0.05) is 56.2 Å². The Labute approximate surface area is 143 Å². The lowest BCUT2D eigenvalue weighted by Gasteiger charge is -2.17. The summed E-state index contributed by atoms with van der Waals surface area (Å²) in [5.41, 5.74) is 4.75. The van der Waals surface area contributed by atoms with Crippen LogP contribution in [-0.2, 0) is 0 Å². The fourth-order valence-electron chi connectivity index (χ4n) is 3.83. The molecule has 1 atom stereocenters. The molecule has 24 heavy (non-hydrogen) atoms. The molecule has 1 saturated carbocycles. The molecule has 2 heterocycles. The Morgan fingerprint density at radius 3 is 2.58 bits per heavy atom. The zero-order valence-electron chi connectivity index (χ0n) is 14.5. The number of aromatic nitrogens is 2. The van der Waals surface area contributed by atoms with Crippen molar-refractivity contribution >= 4 is 11.5 Å². The highest BCUT2D eigenvalue weighted by atomic mass is 15.1. The summed E-state index contributed by atoms with van der Waals surface area (Å²) in [7, 11) is 0. The highest BCUT2D eigenvalue weighted by Gasteiger charge is 2.23. The summed E-state index contributed by atoms with van der Waals surface area (Å²) in [6.45, 7) is 4.39. The number of aryl methyl sites for hydroxylation is 1. The van der Waals surface area contributed by atoms with Gasteiger partial charge in [0.15, 0.2) is 0 Å². The van der Waals surface area contributed by atoms with Crippen LogP contribution in [0.1, 0.15) is 55.3 Å². The first-order chi connectivity index (χ1) is 11.7. The van der Waals surface area contributed by atoms with Crippen molar-refractivity contribution in [1.29, 1.82) is 0 Å². The molecule has 0 bridgehead atoms. The zero-order valence-corrected chi connectivity index (χ0v) is 14.5. The molecule has 3 heteroatoms. The van der Waals surface area contributed by atoms with Crippen LogP contribution in [0, 0.1) is 6.92 Å². The highest BCUT2D eigenvalue weighted by Crippen LogP contribution is 2.33. The van der Waals surface area contributed by atoms with E-state index in [1.807, 2.05) is 0 Å². The van der Waals surface area contributed by atoms with E-state index in [1.54, 1.807) is 0 Å². The molecule has 0 spiro atoms. The smallest absolute Gasteiger partial charge is 0.141 e. The molecular formula is C21H25N3. The van der Waals surface area contributed by atoms with Crippen molar-refractivity contribution in [3.63, 3.8) is 0 Å². The quantitative estimate of drug-likeness (QED) is 0.720. The van der Waals surface area contributed by atoms with Crippen molar-refractivity contribution in [2.45, 2.75) is 51.5 Å². The molecule has 3 aromatic rings. The Balaban J connectivity index is 1.82. The maximum absolute atomic E-state index is 5.03. The van der Waals surface area contributed by atoms with Crippen molar-refractivity contribution < 1.29 is 0 Å². The Morgan fingerprint density at radius 1 is 1.08 bits per heavy atom. The topological polar surface area (TPSA) is 29.3 Å². The van der Waals surface area contributed by atoms with Crippen molar-refractivity contribution in [3.8, 4) is 0 Å². The Kier molecular flexibility index (Phi) is 4.01. The maximum Gasteiger partial charge on any atom is 0.141 e. The number of rotatable bonds is 4. The number of imidazole rings is 1. The summed E-state index contributed by atoms with van der Waals surface area (Å²) < 4.78 is 2.24. The third-order valence-electron chi connectivity index (χ3n) is 5.28. The van der Waals surface area contributed by atoms with E-state index in [4.69, 9.17) is 4.98 Å². The van der Waals surface area contributed by atoms with Crippen LogP contribution in [0.3, 0.4) is 0 Å². The number of hydrogen-bond acceptors (Lipinski definition) is 2. The minimum atomic E-state index is 0.273. The van der Waals surface area contributed by atoms with E-state index in [2.05, 4.69) is 72.2 Å². The first-order valence-electron chi connectivity index (χ1n) is 9.03. The molecule has 1 aliphatic carbocycles. The van der Waals surface area contributed by atoms with Crippen molar-refractivity contribution in [1.82, 2.24) is 9.38 Å². The van der Waals surface area contributed by atoms with E-state index in [1.165, 1.54) is 42.6 Å². The molecule has 124 valence electrons. The predicted molar refractivity (Wildman–Crippen MR) is 99.8 cm³/mol. The Bertz CT molecular complexity index is 829. The third kappa shape index (κ3) is 2.68. The van der Waals surface area contributed by atoms with Crippen LogP contribution in [0.4, 0.5) is 5.82 Å². The third-order valence-corrected chi connectivity index (χ3v) is 5.28. The summed E-state index contributed by atoms with van der Waals surface area (Å²) in [6.07, 6.45) is 7.32. The fraction of sp³-hybridized carbons (Fsp3) is 0.381. The van der Waals surface area contributed by atoms with Gasteiger partial charge in [-0.15, -0.1) is 0 Å². The van der Waals surface area contributed by atoms with E-state index >= 15 is 0 Å². The van der Waals surface area contributed by atoms with Gasteiger partial charge < -0.3 is 5.32 Å². The SMILES string of the molecule is Cc1cccn2c(NC3CCCC3)c(C(C)c3ccccc3)nc12. The first-order valence-corrected chi connectivity index (χ1v) is 9.03. The van der Waals surface area contributed by atoms with E-state index in [0.717, 1.165) is 11.3 Å². The van der Waals surface area contributed by atoms with E-state index in [-0.39, 0.29) is 5.92 Å². The number of anilines is 1. The Morgan fingerprint density at radius 2 is 1.83 bits per heavy atom. The number of pyridine rings is 1. The number of nitrogens with one attached hydrogen (secondary N) is 1. The number of fused-ring (bicyclic) bond motifs is 1. The molecule has 4 rings (SSSR count). The highest BCUT2D eigenvalue weighted by molar-refractivity contribution is 5.61. The van der Waals surface area contributed by atoms with Crippen LogP contribution in [0.15, 0.2) is 48.7 Å². The lowest BCUT2D eigenvalue weighted by atomic mass is 9.97. The lowest BCUT2D eigenvalue weighted by molar-refractivity contribution is 0.743. The number of benzene rings is 1. The van der Waals surface area contributed by atoms with E-state index in [0.29, 0.717) is 6.04 Å². The number of nitrogens with zero attached hydrogens (tertiary/aromatic N) is 2. The van der Waals surface area contributed by atoms with Gasteiger partial charge in [0, 0.05) is 18.2 Å². The van der Waals surface area contributed by atoms with Gasteiger partial charge in [0.2, 0.25) is 0 Å². The lowest BCUT2D eigenvalue weighted by Crippen LogP contribution is -2.17. The van der Waals surface area contributed by atoms with Crippen LogP contribution in [0.2, 0.25) is 0 Å². The largest absolute Gasteiger partial charge is 0.367 e. The summed E-state index contributed by atoms with van der Waals surface area (Å²) in [6, 6.07) is 15.5. The molecular weight excluding hydrogens is 294 g/mol. The van der Waals surface area contributed by atoms with Gasteiger partial charge >= 0.3 is 0 Å². The van der Waals surface area contributed by atoms with Gasteiger partial charge in [-0.3, -0.25) is 4.40 Å². The van der Waals surface area contributed by atoms with Crippen LogP contribution in [-0.4, -0.2) is 15.4 Å². The van der Waals surface area contributed by atoms with Gasteiger partial charge in [-0.05, 0) is 37.0 Å². The van der Waals surface area contributed by atoms with Crippen molar-refractivity contribution in [3.05, 3.63) is 65.5 Å². The van der Waals surface area contributed by atoms with Crippen molar-refractivity contribution in [2.75, 3.05) is 5.32 Å². The minimum Gasteiger partial charge on any atom is -0.367 e. The fourth-order valence-corrected chi connectivity index (χ4v) is 3.83. The average molecular weight is 319 g/mol. The second-order valence-electron chi connectivity index (χ2n) is 6.99. The second-order valence-corrected chi connectivity index (χ2v) is 6.99. The predicted octanol–water partition coefficient (Wildman–Crippen LogP) is 5.15.